The fourth-order valence-electron chi connectivity index (χ4n) is 2.29. The van der Waals surface area contributed by atoms with Gasteiger partial charge in [0.15, 0.2) is 6.61 Å². The summed E-state index contributed by atoms with van der Waals surface area (Å²) >= 11 is 0. The maximum atomic E-state index is 11.7. The van der Waals surface area contributed by atoms with Crippen molar-refractivity contribution in [1.82, 2.24) is 15.5 Å². The third-order valence-electron chi connectivity index (χ3n) is 3.81. The summed E-state index contributed by atoms with van der Waals surface area (Å²) in [6.45, 7) is 9.91. The van der Waals surface area contributed by atoms with E-state index < -0.39 is 0 Å². The van der Waals surface area contributed by atoms with Crippen molar-refractivity contribution < 1.29 is 9.53 Å². The molecule has 1 fully saturated rings. The zero-order valence-corrected chi connectivity index (χ0v) is 14.2. The van der Waals surface area contributed by atoms with Crippen LogP contribution in [0.2, 0.25) is 0 Å². The highest BCUT2D eigenvalue weighted by Gasteiger charge is 2.09. The van der Waals surface area contributed by atoms with E-state index in [1.54, 1.807) is 0 Å². The Morgan fingerprint density at radius 2 is 2.00 bits per heavy atom. The van der Waals surface area contributed by atoms with Gasteiger partial charge >= 0.3 is 0 Å². The predicted molar refractivity (Wildman–Crippen MR) is 91.0 cm³/mol. The summed E-state index contributed by atoms with van der Waals surface area (Å²) in [6, 6.07) is 5.87. The Bertz CT molecular complexity index is 476. The fourth-order valence-corrected chi connectivity index (χ4v) is 2.29. The summed E-state index contributed by atoms with van der Waals surface area (Å²) in [4.78, 5) is 14.1. The number of aryl methyl sites for hydroxylation is 2. The molecule has 1 aromatic carbocycles. The number of nitrogens with one attached hydrogen (secondary N) is 2. The fraction of sp³-hybridized carbons (Fsp3) is 0.562. The van der Waals surface area contributed by atoms with Gasteiger partial charge < -0.3 is 15.4 Å². The second-order valence-electron chi connectivity index (χ2n) is 5.48. The summed E-state index contributed by atoms with van der Waals surface area (Å²) in [5, 5.41) is 6.21. The third kappa shape index (κ3) is 6.22. The van der Waals surface area contributed by atoms with Crippen LogP contribution in [0.3, 0.4) is 0 Å². The number of carbonyl (C=O) groups is 1. The summed E-state index contributed by atoms with van der Waals surface area (Å²) in [5.74, 6) is 0.679. The number of ether oxygens (including phenoxy) is 1. The molecule has 0 unspecified atom stereocenters. The smallest absolute Gasteiger partial charge is 0.257 e. The quantitative estimate of drug-likeness (QED) is 0.822. The van der Waals surface area contributed by atoms with E-state index in [1.807, 2.05) is 25.1 Å². The van der Waals surface area contributed by atoms with Crippen molar-refractivity contribution in [3.05, 3.63) is 29.3 Å². The first-order valence-corrected chi connectivity index (χ1v) is 7.55. The van der Waals surface area contributed by atoms with Gasteiger partial charge in [0.05, 0.1) is 0 Å². The van der Waals surface area contributed by atoms with Crippen LogP contribution >= 0.6 is 12.4 Å². The molecule has 1 aromatic rings. The molecule has 1 saturated heterocycles. The molecule has 2 rings (SSSR count). The van der Waals surface area contributed by atoms with E-state index in [9.17, 15) is 4.79 Å². The van der Waals surface area contributed by atoms with Gasteiger partial charge in [-0.05, 0) is 37.1 Å². The molecule has 0 radical (unpaired) electrons. The van der Waals surface area contributed by atoms with Crippen molar-refractivity contribution in [3.8, 4) is 5.75 Å². The lowest BCUT2D eigenvalue weighted by Gasteiger charge is -2.27. The zero-order valence-electron chi connectivity index (χ0n) is 13.4. The van der Waals surface area contributed by atoms with Crippen LogP contribution in [0, 0.1) is 13.8 Å². The van der Waals surface area contributed by atoms with E-state index in [1.165, 1.54) is 11.1 Å². The number of piperazine rings is 1. The summed E-state index contributed by atoms with van der Waals surface area (Å²) < 4.78 is 5.51. The SMILES string of the molecule is Cc1ccc(OCC(=O)NCCN2CCNCC2)cc1C.Cl. The maximum absolute atomic E-state index is 11.7. The van der Waals surface area contributed by atoms with Crippen LogP contribution in [0.1, 0.15) is 11.1 Å². The van der Waals surface area contributed by atoms with Crippen molar-refractivity contribution in [2.75, 3.05) is 45.9 Å². The van der Waals surface area contributed by atoms with Crippen LogP contribution in [0.25, 0.3) is 0 Å². The van der Waals surface area contributed by atoms with Gasteiger partial charge in [-0.3, -0.25) is 9.69 Å². The minimum atomic E-state index is -0.0663. The first-order chi connectivity index (χ1) is 10.1. The Labute approximate surface area is 138 Å². The second kappa shape index (κ2) is 9.66. The molecule has 1 amide bonds. The van der Waals surface area contributed by atoms with E-state index in [0.717, 1.165) is 38.5 Å². The molecule has 1 heterocycles. The zero-order chi connectivity index (χ0) is 15.1. The maximum Gasteiger partial charge on any atom is 0.257 e. The highest BCUT2D eigenvalue weighted by atomic mass is 35.5. The molecule has 0 spiro atoms. The number of amides is 1. The van der Waals surface area contributed by atoms with Crippen molar-refractivity contribution in [3.63, 3.8) is 0 Å². The van der Waals surface area contributed by atoms with E-state index in [2.05, 4.69) is 22.5 Å². The highest BCUT2D eigenvalue weighted by molar-refractivity contribution is 5.85. The Morgan fingerprint density at radius 3 is 2.68 bits per heavy atom. The molecule has 6 heteroatoms. The van der Waals surface area contributed by atoms with Crippen LogP contribution in [-0.2, 0) is 4.79 Å². The Morgan fingerprint density at radius 1 is 1.27 bits per heavy atom. The standard InChI is InChI=1S/C16H25N3O2.ClH/c1-13-3-4-15(11-14(13)2)21-12-16(20)18-7-10-19-8-5-17-6-9-19;/h3-4,11,17H,5-10,12H2,1-2H3,(H,18,20);1H. The van der Waals surface area contributed by atoms with Crippen molar-refractivity contribution in [2.24, 2.45) is 0 Å². The van der Waals surface area contributed by atoms with Gasteiger partial charge in [-0.1, -0.05) is 6.07 Å². The number of nitrogens with zero attached hydrogens (tertiary/aromatic N) is 1. The van der Waals surface area contributed by atoms with E-state index in [-0.39, 0.29) is 24.9 Å². The lowest BCUT2D eigenvalue weighted by molar-refractivity contribution is -0.123. The molecule has 0 aromatic heterocycles. The third-order valence-corrected chi connectivity index (χ3v) is 3.81. The number of hydrogen-bond donors (Lipinski definition) is 2. The summed E-state index contributed by atoms with van der Waals surface area (Å²) in [5.41, 5.74) is 2.40. The predicted octanol–water partition coefficient (Wildman–Crippen LogP) is 1.13. The Hall–Kier alpha value is -1.30. The van der Waals surface area contributed by atoms with Crippen molar-refractivity contribution in [2.45, 2.75) is 13.8 Å². The van der Waals surface area contributed by atoms with Gasteiger partial charge in [0.25, 0.3) is 5.91 Å². The molecule has 0 saturated carbocycles. The number of carbonyl (C=O) groups excluding carboxylic acids is 1. The van der Waals surface area contributed by atoms with Gasteiger partial charge in [0.1, 0.15) is 5.75 Å². The minimum absolute atomic E-state index is 0. The second-order valence-corrected chi connectivity index (χ2v) is 5.48. The van der Waals surface area contributed by atoms with E-state index in [0.29, 0.717) is 6.54 Å². The number of halogens is 1. The molecule has 0 atom stereocenters. The van der Waals surface area contributed by atoms with Crippen LogP contribution < -0.4 is 15.4 Å². The van der Waals surface area contributed by atoms with Gasteiger partial charge in [-0.25, -0.2) is 0 Å². The summed E-state index contributed by atoms with van der Waals surface area (Å²) in [7, 11) is 0. The average molecular weight is 328 g/mol. The molecule has 0 aliphatic carbocycles. The molecule has 1 aliphatic heterocycles. The molecule has 5 nitrogen and oxygen atoms in total. The molecular formula is C16H26ClN3O2. The minimum Gasteiger partial charge on any atom is -0.484 e. The molecule has 124 valence electrons. The molecule has 0 bridgehead atoms. The number of rotatable bonds is 6. The summed E-state index contributed by atoms with van der Waals surface area (Å²) in [6.07, 6.45) is 0. The lowest BCUT2D eigenvalue weighted by Crippen LogP contribution is -2.46. The monoisotopic (exact) mass is 327 g/mol. The number of benzene rings is 1. The normalized spacial score (nSPS) is 15.0. The first-order valence-electron chi connectivity index (χ1n) is 7.55. The topological polar surface area (TPSA) is 53.6 Å². The van der Waals surface area contributed by atoms with Crippen molar-refractivity contribution in [1.29, 1.82) is 0 Å². The van der Waals surface area contributed by atoms with Crippen LogP contribution in [0.4, 0.5) is 0 Å². The Kier molecular flexibility index (Phi) is 8.24. The average Bonchev–Trinajstić information content (AvgIpc) is 2.49. The highest BCUT2D eigenvalue weighted by Crippen LogP contribution is 2.16. The molecule has 22 heavy (non-hydrogen) atoms. The van der Waals surface area contributed by atoms with Gasteiger partial charge in [-0.2, -0.15) is 0 Å². The van der Waals surface area contributed by atoms with E-state index >= 15 is 0 Å². The Balaban J connectivity index is 0.00000242. The molecule has 1 aliphatic rings. The first kappa shape index (κ1) is 18.7. The van der Waals surface area contributed by atoms with Gasteiger partial charge in [0.2, 0.25) is 0 Å². The van der Waals surface area contributed by atoms with Gasteiger partial charge in [-0.15, -0.1) is 12.4 Å². The van der Waals surface area contributed by atoms with Crippen LogP contribution in [0.15, 0.2) is 18.2 Å². The molecule has 2 N–H and O–H groups in total. The lowest BCUT2D eigenvalue weighted by atomic mass is 10.1. The van der Waals surface area contributed by atoms with E-state index in [4.69, 9.17) is 4.74 Å². The van der Waals surface area contributed by atoms with Crippen LogP contribution in [0.5, 0.6) is 5.75 Å². The van der Waals surface area contributed by atoms with Crippen molar-refractivity contribution >= 4 is 18.3 Å². The largest absolute Gasteiger partial charge is 0.484 e. The van der Waals surface area contributed by atoms with Crippen LogP contribution in [-0.4, -0.2) is 56.7 Å². The molecular weight excluding hydrogens is 302 g/mol. The number of hydrogen-bond acceptors (Lipinski definition) is 4. The van der Waals surface area contributed by atoms with Gasteiger partial charge in [0, 0.05) is 39.3 Å².